The minimum absolute atomic E-state index is 0.151. The molecule has 5 nitrogen and oxygen atoms in total. The fourth-order valence-electron chi connectivity index (χ4n) is 1.35. The molecule has 0 aliphatic heterocycles. The molecule has 17 heavy (non-hydrogen) atoms. The monoisotopic (exact) mass is 234 g/mol. The Kier molecular flexibility index (Phi) is 3.98. The van der Waals surface area contributed by atoms with Crippen LogP contribution >= 0.6 is 0 Å². The molecule has 1 rings (SSSR count). The third-order valence-corrected chi connectivity index (χ3v) is 2.26. The van der Waals surface area contributed by atoms with Crippen LogP contribution in [0.5, 0.6) is 0 Å². The minimum Gasteiger partial charge on any atom is -0.326 e. The van der Waals surface area contributed by atoms with Gasteiger partial charge in [0.15, 0.2) is 0 Å². The van der Waals surface area contributed by atoms with Crippen LogP contribution in [0.25, 0.3) is 0 Å². The first-order valence-corrected chi connectivity index (χ1v) is 5.06. The minimum atomic E-state index is -0.232. The number of hydrogen-bond donors (Lipinski definition) is 1. The molecule has 0 bridgehead atoms. The van der Waals surface area contributed by atoms with Crippen LogP contribution in [0.2, 0.25) is 0 Å². The van der Waals surface area contributed by atoms with Crippen LogP contribution in [0.15, 0.2) is 18.2 Å². The molecule has 0 radical (unpaired) electrons. The average molecular weight is 234 g/mol. The van der Waals surface area contributed by atoms with Crippen LogP contribution in [-0.4, -0.2) is 25.1 Å². The van der Waals surface area contributed by atoms with Gasteiger partial charge in [-0.25, -0.2) is 0 Å². The Morgan fingerprint density at radius 2 is 1.88 bits per heavy atom. The van der Waals surface area contributed by atoms with Crippen LogP contribution in [-0.2, 0) is 9.59 Å². The molecule has 0 saturated carbocycles. The molecule has 0 unspecified atom stereocenters. The molecular formula is C12H14N2O3. The highest BCUT2D eigenvalue weighted by atomic mass is 16.2. The summed E-state index contributed by atoms with van der Waals surface area (Å²) in [4.78, 5) is 34.3. The van der Waals surface area contributed by atoms with Gasteiger partial charge in [0.2, 0.25) is 11.8 Å². The van der Waals surface area contributed by atoms with Crippen molar-refractivity contribution in [2.24, 2.45) is 0 Å². The summed E-state index contributed by atoms with van der Waals surface area (Å²) in [5.74, 6) is -0.383. The van der Waals surface area contributed by atoms with E-state index in [0.717, 1.165) is 0 Å². The third-order valence-electron chi connectivity index (χ3n) is 2.26. The van der Waals surface area contributed by atoms with Gasteiger partial charge in [-0.2, -0.15) is 0 Å². The van der Waals surface area contributed by atoms with Gasteiger partial charge in [-0.15, -0.1) is 0 Å². The quantitative estimate of drug-likeness (QED) is 0.805. The number of benzene rings is 1. The van der Waals surface area contributed by atoms with E-state index in [2.05, 4.69) is 5.32 Å². The molecule has 0 fully saturated rings. The number of carbonyl (C=O) groups is 3. The molecule has 0 heterocycles. The molecule has 90 valence electrons. The molecule has 1 aromatic rings. The normalized spacial score (nSPS) is 9.59. The fraction of sp³-hybridized carbons (Fsp3) is 0.250. The second kappa shape index (κ2) is 5.25. The molecule has 1 N–H and O–H groups in total. The van der Waals surface area contributed by atoms with Gasteiger partial charge in [0.05, 0.1) is 0 Å². The number of nitrogens with one attached hydrogen (secondary N) is 1. The molecule has 0 saturated heterocycles. The van der Waals surface area contributed by atoms with Gasteiger partial charge in [0.25, 0.3) is 0 Å². The average Bonchev–Trinajstić information content (AvgIpc) is 2.26. The van der Waals surface area contributed by atoms with Crippen LogP contribution < -0.4 is 10.2 Å². The lowest BCUT2D eigenvalue weighted by Crippen LogP contribution is -2.23. The Balaban J connectivity index is 3.17. The van der Waals surface area contributed by atoms with Crippen molar-refractivity contribution in [2.75, 3.05) is 17.3 Å². The van der Waals surface area contributed by atoms with E-state index in [1.807, 2.05) is 0 Å². The highest BCUT2D eigenvalue weighted by molar-refractivity contribution is 5.95. The van der Waals surface area contributed by atoms with Crippen molar-refractivity contribution in [3.05, 3.63) is 23.8 Å². The molecule has 0 atom stereocenters. The van der Waals surface area contributed by atoms with Crippen molar-refractivity contribution >= 4 is 29.5 Å². The lowest BCUT2D eigenvalue weighted by Gasteiger charge is -2.16. The summed E-state index contributed by atoms with van der Waals surface area (Å²) >= 11 is 0. The second-order valence-corrected chi connectivity index (χ2v) is 3.69. The van der Waals surface area contributed by atoms with Crippen LogP contribution in [0, 0.1) is 0 Å². The molecule has 0 aromatic heterocycles. The van der Waals surface area contributed by atoms with Gasteiger partial charge < -0.3 is 10.2 Å². The van der Waals surface area contributed by atoms with Crippen molar-refractivity contribution in [1.82, 2.24) is 0 Å². The van der Waals surface area contributed by atoms with Gasteiger partial charge in [-0.05, 0) is 18.2 Å². The second-order valence-electron chi connectivity index (χ2n) is 3.69. The first-order valence-electron chi connectivity index (χ1n) is 5.06. The van der Waals surface area contributed by atoms with E-state index in [1.54, 1.807) is 25.2 Å². The van der Waals surface area contributed by atoms with Crippen LogP contribution in [0.3, 0.4) is 0 Å². The zero-order valence-corrected chi connectivity index (χ0v) is 9.98. The zero-order valence-electron chi connectivity index (χ0n) is 9.98. The molecule has 2 amide bonds. The molecular weight excluding hydrogens is 220 g/mol. The summed E-state index contributed by atoms with van der Waals surface area (Å²) in [6.07, 6.45) is 0.669. The van der Waals surface area contributed by atoms with Crippen molar-refractivity contribution in [3.63, 3.8) is 0 Å². The van der Waals surface area contributed by atoms with Crippen molar-refractivity contribution in [2.45, 2.75) is 13.8 Å². The highest BCUT2D eigenvalue weighted by Gasteiger charge is 2.08. The Morgan fingerprint density at radius 3 is 2.35 bits per heavy atom. The summed E-state index contributed by atoms with van der Waals surface area (Å²) in [6.45, 7) is 2.80. The summed E-state index contributed by atoms with van der Waals surface area (Å²) in [6, 6.07) is 4.77. The van der Waals surface area contributed by atoms with Crippen molar-refractivity contribution < 1.29 is 14.4 Å². The summed E-state index contributed by atoms with van der Waals surface area (Å²) in [5.41, 5.74) is 1.45. The highest BCUT2D eigenvalue weighted by Crippen LogP contribution is 2.21. The maximum absolute atomic E-state index is 11.2. The van der Waals surface area contributed by atoms with Gasteiger partial charge in [0.1, 0.15) is 6.29 Å². The largest absolute Gasteiger partial charge is 0.326 e. The molecule has 0 aliphatic carbocycles. The zero-order chi connectivity index (χ0) is 13.0. The number of aldehydes is 1. The van der Waals surface area contributed by atoms with E-state index >= 15 is 0 Å². The summed E-state index contributed by atoms with van der Waals surface area (Å²) in [5, 5.41) is 2.58. The lowest BCUT2D eigenvalue weighted by molar-refractivity contribution is -0.116. The Morgan fingerprint density at radius 1 is 1.24 bits per heavy atom. The number of nitrogens with zero attached hydrogens (tertiary/aromatic N) is 1. The van der Waals surface area contributed by atoms with E-state index in [4.69, 9.17) is 0 Å². The van der Waals surface area contributed by atoms with Crippen LogP contribution in [0.1, 0.15) is 24.2 Å². The Hall–Kier alpha value is -2.17. The summed E-state index contributed by atoms with van der Waals surface area (Å²) < 4.78 is 0. The maximum Gasteiger partial charge on any atom is 0.223 e. The SMILES string of the molecule is CC(=O)Nc1cc(C=O)cc(N(C)C(C)=O)c1. The molecule has 0 aliphatic rings. The smallest absolute Gasteiger partial charge is 0.223 e. The van der Waals surface area contributed by atoms with Gasteiger partial charge in [-0.3, -0.25) is 14.4 Å². The van der Waals surface area contributed by atoms with Gasteiger partial charge >= 0.3 is 0 Å². The molecule has 1 aromatic carbocycles. The summed E-state index contributed by atoms with van der Waals surface area (Å²) in [7, 11) is 1.60. The molecule has 5 heteroatoms. The number of amides is 2. The van der Waals surface area contributed by atoms with Gasteiger partial charge in [-0.1, -0.05) is 0 Å². The van der Waals surface area contributed by atoms with E-state index in [9.17, 15) is 14.4 Å². The van der Waals surface area contributed by atoms with Crippen molar-refractivity contribution in [3.8, 4) is 0 Å². The van der Waals surface area contributed by atoms with Crippen LogP contribution in [0.4, 0.5) is 11.4 Å². The van der Waals surface area contributed by atoms with E-state index in [0.29, 0.717) is 23.2 Å². The van der Waals surface area contributed by atoms with E-state index in [-0.39, 0.29) is 11.8 Å². The third kappa shape index (κ3) is 3.41. The number of rotatable bonds is 3. The number of carbonyl (C=O) groups excluding carboxylic acids is 3. The van der Waals surface area contributed by atoms with E-state index < -0.39 is 0 Å². The standard InChI is InChI=1S/C12H14N2O3/c1-8(16)13-11-4-10(7-15)5-12(6-11)14(3)9(2)17/h4-7H,1-3H3,(H,13,16). The van der Waals surface area contributed by atoms with Crippen molar-refractivity contribution in [1.29, 1.82) is 0 Å². The lowest BCUT2D eigenvalue weighted by atomic mass is 10.1. The maximum atomic E-state index is 11.2. The molecule has 0 spiro atoms. The predicted octanol–water partition coefficient (Wildman–Crippen LogP) is 1.44. The Labute approximate surface area is 99.4 Å². The Bertz CT molecular complexity index is 469. The first-order chi connectivity index (χ1) is 7.93. The fourth-order valence-corrected chi connectivity index (χ4v) is 1.35. The number of anilines is 2. The predicted molar refractivity (Wildman–Crippen MR) is 65.2 cm³/mol. The first kappa shape index (κ1) is 12.9. The number of hydrogen-bond acceptors (Lipinski definition) is 3. The van der Waals surface area contributed by atoms with Gasteiger partial charge in [0, 0.05) is 37.8 Å². The van der Waals surface area contributed by atoms with E-state index in [1.165, 1.54) is 18.7 Å². The topological polar surface area (TPSA) is 66.5 Å².